The van der Waals surface area contributed by atoms with E-state index >= 15 is 0 Å². The Labute approximate surface area is 158 Å². The smallest absolute Gasteiger partial charge is 0.480 e. The van der Waals surface area contributed by atoms with Gasteiger partial charge in [0.25, 0.3) is 5.56 Å². The summed E-state index contributed by atoms with van der Waals surface area (Å²) in [6.45, 7) is 0.336. The minimum absolute atomic E-state index is 0.138. The van der Waals surface area contributed by atoms with Crippen molar-refractivity contribution >= 4 is 23.4 Å². The number of ether oxygens (including phenoxy) is 2. The van der Waals surface area contributed by atoms with Crippen molar-refractivity contribution in [2.45, 2.75) is 25.2 Å². The molecular formula is C17H18N2O7S. The number of nitrogens with zero attached hydrogens (tertiary/aromatic N) is 1. The molecule has 1 aliphatic heterocycles. The highest BCUT2D eigenvalue weighted by atomic mass is 32.1. The zero-order chi connectivity index (χ0) is 19.8. The number of aromatic amines is 1. The van der Waals surface area contributed by atoms with Crippen LogP contribution in [0.3, 0.4) is 0 Å². The van der Waals surface area contributed by atoms with E-state index in [4.69, 9.17) is 36.7 Å². The molecular weight excluding hydrogens is 376 g/mol. The Kier molecular flexibility index (Phi) is 7.26. The van der Waals surface area contributed by atoms with Crippen LogP contribution in [0.25, 0.3) is 0 Å². The van der Waals surface area contributed by atoms with Gasteiger partial charge in [-0.25, -0.2) is 9.59 Å². The maximum Gasteiger partial charge on any atom is 0.503 e. The molecule has 0 amide bonds. The van der Waals surface area contributed by atoms with Gasteiger partial charge in [0.05, 0.1) is 6.10 Å². The maximum atomic E-state index is 11.8. The molecule has 2 unspecified atom stereocenters. The van der Waals surface area contributed by atoms with Gasteiger partial charge < -0.3 is 19.7 Å². The summed E-state index contributed by atoms with van der Waals surface area (Å²) in [5, 5.41) is 14.4. The third-order valence-electron chi connectivity index (χ3n) is 3.66. The van der Waals surface area contributed by atoms with Gasteiger partial charge in [0.2, 0.25) is 0 Å². The Morgan fingerprint density at radius 1 is 1.22 bits per heavy atom. The summed E-state index contributed by atoms with van der Waals surface area (Å²) in [5.41, 5.74) is -0.0323. The van der Waals surface area contributed by atoms with Crippen LogP contribution in [0.4, 0.5) is 4.79 Å². The lowest BCUT2D eigenvalue weighted by molar-refractivity contribution is -0.0213. The number of rotatable bonds is 4. The van der Waals surface area contributed by atoms with Crippen molar-refractivity contribution in [3.63, 3.8) is 0 Å². The molecule has 27 heavy (non-hydrogen) atoms. The lowest BCUT2D eigenvalue weighted by atomic mass is 10.2. The SMILES string of the molecule is O=C(O)O.O=c1ccn(C2CCC(COC(=S)c3ccccc3)O2)c(=O)[nH]1. The fourth-order valence-electron chi connectivity index (χ4n) is 2.49. The van der Waals surface area contributed by atoms with Crippen molar-refractivity contribution in [2.24, 2.45) is 0 Å². The summed E-state index contributed by atoms with van der Waals surface area (Å²) in [6, 6.07) is 10.8. The normalized spacial score (nSPS) is 18.2. The number of aromatic nitrogens is 2. The van der Waals surface area contributed by atoms with Crippen molar-refractivity contribution in [3.05, 3.63) is 69.0 Å². The van der Waals surface area contributed by atoms with Gasteiger partial charge in [-0.3, -0.25) is 14.3 Å². The van der Waals surface area contributed by atoms with E-state index in [0.717, 1.165) is 12.0 Å². The van der Waals surface area contributed by atoms with E-state index in [2.05, 4.69) is 4.98 Å². The summed E-state index contributed by atoms with van der Waals surface area (Å²) in [5.74, 6) is 0. The number of hydrogen-bond donors (Lipinski definition) is 3. The molecule has 0 aliphatic carbocycles. The summed E-state index contributed by atoms with van der Waals surface area (Å²) in [4.78, 5) is 33.6. The summed E-state index contributed by atoms with van der Waals surface area (Å²) < 4.78 is 12.8. The number of H-pyrrole nitrogens is 1. The van der Waals surface area contributed by atoms with E-state index in [-0.39, 0.29) is 6.10 Å². The quantitative estimate of drug-likeness (QED) is 0.670. The highest BCUT2D eigenvalue weighted by molar-refractivity contribution is 7.80. The van der Waals surface area contributed by atoms with Gasteiger partial charge in [0.1, 0.15) is 12.8 Å². The zero-order valence-electron chi connectivity index (χ0n) is 14.1. The van der Waals surface area contributed by atoms with E-state index in [0.29, 0.717) is 18.1 Å². The molecule has 0 radical (unpaired) electrons. The molecule has 2 aromatic rings. The van der Waals surface area contributed by atoms with Gasteiger partial charge in [0.15, 0.2) is 5.05 Å². The van der Waals surface area contributed by atoms with Gasteiger partial charge in [-0.05, 0) is 25.1 Å². The molecule has 1 aliphatic rings. The van der Waals surface area contributed by atoms with Crippen LogP contribution >= 0.6 is 12.2 Å². The van der Waals surface area contributed by atoms with Crippen molar-refractivity contribution in [1.82, 2.24) is 9.55 Å². The highest BCUT2D eigenvalue weighted by Crippen LogP contribution is 2.27. The van der Waals surface area contributed by atoms with Crippen molar-refractivity contribution in [3.8, 4) is 0 Å². The number of hydrogen-bond acceptors (Lipinski definition) is 6. The molecule has 0 saturated carbocycles. The minimum Gasteiger partial charge on any atom is -0.480 e. The molecule has 9 nitrogen and oxygen atoms in total. The Balaban J connectivity index is 0.000000596. The van der Waals surface area contributed by atoms with Gasteiger partial charge in [-0.15, -0.1) is 0 Å². The number of benzene rings is 1. The first-order chi connectivity index (χ1) is 12.9. The van der Waals surface area contributed by atoms with Crippen molar-refractivity contribution in [1.29, 1.82) is 0 Å². The van der Waals surface area contributed by atoms with Crippen LogP contribution in [0.2, 0.25) is 0 Å². The first-order valence-corrected chi connectivity index (χ1v) is 8.38. The van der Waals surface area contributed by atoms with Gasteiger partial charge in [-0.1, -0.05) is 30.3 Å². The predicted octanol–water partition coefficient (Wildman–Crippen LogP) is 1.83. The molecule has 0 spiro atoms. The van der Waals surface area contributed by atoms with Crippen LogP contribution in [0, 0.1) is 0 Å². The maximum absolute atomic E-state index is 11.8. The van der Waals surface area contributed by atoms with E-state index in [1.54, 1.807) is 0 Å². The number of carboxylic acid groups (broad SMARTS) is 2. The summed E-state index contributed by atoms with van der Waals surface area (Å²) >= 11 is 5.24. The number of carbonyl (C=O) groups is 1. The Hall–Kier alpha value is -2.98. The van der Waals surface area contributed by atoms with E-state index in [1.807, 2.05) is 30.3 Å². The van der Waals surface area contributed by atoms with E-state index in [1.165, 1.54) is 16.8 Å². The molecule has 3 rings (SSSR count). The second-order valence-electron chi connectivity index (χ2n) is 5.55. The molecule has 144 valence electrons. The standard InChI is InChI=1S/C16H16N2O4S.CH2O3/c19-13-8-9-18(16(20)17-13)14-7-6-12(22-14)10-21-15(23)11-4-2-1-3-5-11;2-1(3)4/h1-5,8-9,12,14H,6-7,10H2,(H,17,19,20);(H2,2,3,4). The van der Waals surface area contributed by atoms with Crippen LogP contribution in [-0.2, 0) is 9.47 Å². The molecule has 1 aromatic carbocycles. The summed E-state index contributed by atoms with van der Waals surface area (Å²) in [7, 11) is 0. The molecule has 1 fully saturated rings. The second-order valence-corrected chi connectivity index (χ2v) is 5.93. The molecule has 1 aromatic heterocycles. The Morgan fingerprint density at radius 2 is 1.89 bits per heavy atom. The first kappa shape index (κ1) is 20.3. The Morgan fingerprint density at radius 3 is 2.52 bits per heavy atom. The van der Waals surface area contributed by atoms with Gasteiger partial charge in [-0.2, -0.15) is 0 Å². The summed E-state index contributed by atoms with van der Waals surface area (Å²) in [6.07, 6.45) is 0.522. The third kappa shape index (κ3) is 6.35. The highest BCUT2D eigenvalue weighted by Gasteiger charge is 2.28. The molecule has 2 atom stereocenters. The molecule has 10 heteroatoms. The second kappa shape index (κ2) is 9.64. The topological polar surface area (TPSA) is 131 Å². The van der Waals surface area contributed by atoms with Crippen LogP contribution in [-0.4, -0.2) is 43.7 Å². The van der Waals surface area contributed by atoms with Crippen molar-refractivity contribution in [2.75, 3.05) is 6.61 Å². The van der Waals surface area contributed by atoms with Crippen LogP contribution in [0.15, 0.2) is 52.2 Å². The van der Waals surface area contributed by atoms with Crippen LogP contribution in [0.1, 0.15) is 24.6 Å². The molecule has 3 N–H and O–H groups in total. The number of thiocarbonyl (C=S) groups is 1. The van der Waals surface area contributed by atoms with E-state index < -0.39 is 23.6 Å². The lowest BCUT2D eigenvalue weighted by Gasteiger charge is -2.16. The monoisotopic (exact) mass is 394 g/mol. The predicted molar refractivity (Wildman–Crippen MR) is 99.2 cm³/mol. The molecule has 1 saturated heterocycles. The number of nitrogens with one attached hydrogen (secondary N) is 1. The molecule has 0 bridgehead atoms. The first-order valence-electron chi connectivity index (χ1n) is 7.98. The Bertz CT molecular complexity index is 890. The average molecular weight is 394 g/mol. The van der Waals surface area contributed by atoms with Gasteiger partial charge in [0, 0.05) is 17.8 Å². The van der Waals surface area contributed by atoms with Crippen LogP contribution in [0.5, 0.6) is 0 Å². The average Bonchev–Trinajstić information content (AvgIpc) is 3.08. The lowest BCUT2D eigenvalue weighted by Crippen LogP contribution is -2.31. The molecule has 2 heterocycles. The van der Waals surface area contributed by atoms with Crippen LogP contribution < -0.4 is 11.2 Å². The fraction of sp³-hybridized carbons (Fsp3) is 0.294. The van der Waals surface area contributed by atoms with Crippen molar-refractivity contribution < 1.29 is 24.5 Å². The minimum atomic E-state index is -1.83. The van der Waals surface area contributed by atoms with Gasteiger partial charge >= 0.3 is 11.8 Å². The third-order valence-corrected chi connectivity index (χ3v) is 4.01. The largest absolute Gasteiger partial charge is 0.503 e. The zero-order valence-corrected chi connectivity index (χ0v) is 14.9. The fourth-order valence-corrected chi connectivity index (χ4v) is 2.70. The van der Waals surface area contributed by atoms with E-state index in [9.17, 15) is 9.59 Å².